The lowest BCUT2D eigenvalue weighted by atomic mass is 10.1. The minimum Gasteiger partial charge on any atom is -0.285 e. The summed E-state index contributed by atoms with van der Waals surface area (Å²) in [5.74, 6) is 0. The van der Waals surface area contributed by atoms with Gasteiger partial charge in [0.15, 0.2) is 0 Å². The van der Waals surface area contributed by atoms with Crippen LogP contribution in [0.5, 0.6) is 0 Å². The van der Waals surface area contributed by atoms with Crippen molar-refractivity contribution < 1.29 is 0 Å². The predicted molar refractivity (Wildman–Crippen MR) is 41.5 cm³/mol. The molecular formula is C9H10N. The number of nitrogens with zero attached hydrogens (tertiary/aromatic N) is 1. The van der Waals surface area contributed by atoms with E-state index >= 15 is 0 Å². The number of aryl methyl sites for hydroxylation is 1. The van der Waals surface area contributed by atoms with E-state index in [1.807, 2.05) is 0 Å². The summed E-state index contributed by atoms with van der Waals surface area (Å²) in [6, 6.07) is 6.49. The molecule has 0 spiro atoms. The Morgan fingerprint density at radius 2 is 2.30 bits per heavy atom. The lowest BCUT2D eigenvalue weighted by Crippen LogP contribution is -1.89. The van der Waals surface area contributed by atoms with Crippen molar-refractivity contribution in [3.8, 4) is 0 Å². The number of hydrogen-bond donors (Lipinski definition) is 0. The van der Waals surface area contributed by atoms with Crippen molar-refractivity contribution in [3.05, 3.63) is 29.3 Å². The molecule has 0 N–H and O–H groups in total. The van der Waals surface area contributed by atoms with Crippen LogP contribution in [0.15, 0.2) is 18.2 Å². The lowest BCUT2D eigenvalue weighted by Gasteiger charge is -1.97. The maximum absolute atomic E-state index is 4.36. The van der Waals surface area contributed by atoms with Crippen LogP contribution in [0.4, 0.5) is 5.69 Å². The molecule has 1 radical (unpaired) electrons. The highest BCUT2D eigenvalue weighted by atomic mass is 14.9. The third-order valence-corrected chi connectivity index (χ3v) is 1.90. The molecule has 1 heterocycles. The van der Waals surface area contributed by atoms with E-state index in [1.165, 1.54) is 16.8 Å². The first-order valence-electron chi connectivity index (χ1n) is 3.63. The van der Waals surface area contributed by atoms with E-state index in [-0.39, 0.29) is 0 Å². The highest BCUT2D eigenvalue weighted by Gasteiger charge is 2.09. The molecule has 2 rings (SSSR count). The van der Waals surface area contributed by atoms with Crippen molar-refractivity contribution in [2.45, 2.75) is 13.3 Å². The maximum atomic E-state index is 4.36. The molecule has 51 valence electrons. The van der Waals surface area contributed by atoms with Crippen LogP contribution in [-0.2, 0) is 6.42 Å². The Bertz CT molecular complexity index is 253. The van der Waals surface area contributed by atoms with Gasteiger partial charge in [-0.15, -0.1) is 0 Å². The lowest BCUT2D eigenvalue weighted by molar-refractivity contribution is 0.909. The van der Waals surface area contributed by atoms with Crippen LogP contribution in [0.25, 0.3) is 0 Å². The molecule has 0 bridgehead atoms. The summed E-state index contributed by atoms with van der Waals surface area (Å²) in [4.78, 5) is 0. The van der Waals surface area contributed by atoms with Gasteiger partial charge in [0.05, 0.1) is 5.69 Å². The molecule has 1 aliphatic heterocycles. The molecule has 0 aromatic heterocycles. The van der Waals surface area contributed by atoms with Crippen molar-refractivity contribution in [1.82, 2.24) is 5.32 Å². The predicted octanol–water partition coefficient (Wildman–Crippen LogP) is 1.79. The second-order valence-electron chi connectivity index (χ2n) is 2.76. The van der Waals surface area contributed by atoms with E-state index in [0.29, 0.717) is 0 Å². The third kappa shape index (κ3) is 0.783. The first-order valence-corrected chi connectivity index (χ1v) is 3.63. The van der Waals surface area contributed by atoms with Crippen molar-refractivity contribution in [3.63, 3.8) is 0 Å². The average Bonchev–Trinajstić information content (AvgIpc) is 2.33. The topological polar surface area (TPSA) is 14.1 Å². The Balaban J connectivity index is 2.52. The van der Waals surface area contributed by atoms with Crippen LogP contribution in [0.3, 0.4) is 0 Å². The molecule has 1 nitrogen and oxygen atoms in total. The summed E-state index contributed by atoms with van der Waals surface area (Å²) < 4.78 is 0. The summed E-state index contributed by atoms with van der Waals surface area (Å²) in [5, 5.41) is 4.36. The molecule has 1 heteroatoms. The maximum Gasteiger partial charge on any atom is 0.0609 e. The van der Waals surface area contributed by atoms with Gasteiger partial charge in [-0.3, -0.25) is 5.32 Å². The summed E-state index contributed by atoms with van der Waals surface area (Å²) >= 11 is 0. The van der Waals surface area contributed by atoms with Crippen LogP contribution < -0.4 is 5.32 Å². The fraction of sp³-hybridized carbons (Fsp3) is 0.333. The minimum absolute atomic E-state index is 0.985. The summed E-state index contributed by atoms with van der Waals surface area (Å²) in [5.41, 5.74) is 3.93. The van der Waals surface area contributed by atoms with Gasteiger partial charge < -0.3 is 0 Å². The first kappa shape index (κ1) is 5.78. The fourth-order valence-corrected chi connectivity index (χ4v) is 1.33. The van der Waals surface area contributed by atoms with Gasteiger partial charge >= 0.3 is 0 Å². The number of hydrogen-bond acceptors (Lipinski definition) is 0. The quantitative estimate of drug-likeness (QED) is 0.511. The zero-order valence-corrected chi connectivity index (χ0v) is 6.09. The van der Waals surface area contributed by atoms with E-state index in [0.717, 1.165) is 13.0 Å². The van der Waals surface area contributed by atoms with Gasteiger partial charge in [0, 0.05) is 6.54 Å². The molecule has 0 saturated heterocycles. The van der Waals surface area contributed by atoms with Crippen molar-refractivity contribution in [1.29, 1.82) is 0 Å². The van der Waals surface area contributed by atoms with Crippen molar-refractivity contribution in [2.24, 2.45) is 0 Å². The number of benzene rings is 1. The van der Waals surface area contributed by atoms with Crippen LogP contribution >= 0.6 is 0 Å². The Labute approximate surface area is 61.1 Å². The normalized spacial score (nSPS) is 14.5. The van der Waals surface area contributed by atoms with Gasteiger partial charge in [-0.2, -0.15) is 0 Å². The summed E-state index contributed by atoms with van der Waals surface area (Å²) in [6.07, 6.45) is 1.13. The minimum atomic E-state index is 0.985. The molecule has 0 saturated carbocycles. The zero-order valence-electron chi connectivity index (χ0n) is 6.09. The molecule has 0 unspecified atom stereocenters. The SMILES string of the molecule is Cc1ccc2c(c1)[N]CC2. The highest BCUT2D eigenvalue weighted by molar-refractivity contribution is 5.50. The summed E-state index contributed by atoms with van der Waals surface area (Å²) in [6.45, 7) is 3.09. The van der Waals surface area contributed by atoms with Crippen LogP contribution in [-0.4, -0.2) is 6.54 Å². The number of rotatable bonds is 0. The van der Waals surface area contributed by atoms with Gasteiger partial charge in [0.25, 0.3) is 0 Å². The van der Waals surface area contributed by atoms with Crippen molar-refractivity contribution in [2.75, 3.05) is 6.54 Å². The molecule has 0 amide bonds. The Morgan fingerprint density at radius 3 is 3.20 bits per heavy atom. The smallest absolute Gasteiger partial charge is 0.0609 e. The van der Waals surface area contributed by atoms with Crippen LogP contribution in [0.2, 0.25) is 0 Å². The van der Waals surface area contributed by atoms with Gasteiger partial charge in [-0.25, -0.2) is 0 Å². The third-order valence-electron chi connectivity index (χ3n) is 1.90. The van der Waals surface area contributed by atoms with E-state index in [1.54, 1.807) is 0 Å². The van der Waals surface area contributed by atoms with Gasteiger partial charge in [-0.1, -0.05) is 12.1 Å². The molecule has 1 aromatic rings. The van der Waals surface area contributed by atoms with Gasteiger partial charge in [-0.05, 0) is 30.5 Å². The molecule has 1 aliphatic rings. The zero-order chi connectivity index (χ0) is 6.97. The van der Waals surface area contributed by atoms with Gasteiger partial charge in [0.1, 0.15) is 0 Å². The first-order chi connectivity index (χ1) is 4.86. The molecular weight excluding hydrogens is 122 g/mol. The van der Waals surface area contributed by atoms with Gasteiger partial charge in [0.2, 0.25) is 0 Å². The molecule has 0 atom stereocenters. The summed E-state index contributed by atoms with van der Waals surface area (Å²) in [7, 11) is 0. The van der Waals surface area contributed by atoms with Crippen LogP contribution in [0.1, 0.15) is 11.1 Å². The highest BCUT2D eigenvalue weighted by Crippen LogP contribution is 2.22. The second-order valence-corrected chi connectivity index (χ2v) is 2.76. The Hall–Kier alpha value is -0.980. The Morgan fingerprint density at radius 1 is 1.40 bits per heavy atom. The molecule has 10 heavy (non-hydrogen) atoms. The fourth-order valence-electron chi connectivity index (χ4n) is 1.33. The van der Waals surface area contributed by atoms with E-state index < -0.39 is 0 Å². The Kier molecular flexibility index (Phi) is 1.16. The standard InChI is InChI=1S/C9H10N/c1-7-2-3-8-4-5-10-9(8)6-7/h2-3,6H,4-5H2,1H3. The van der Waals surface area contributed by atoms with Crippen LogP contribution in [0, 0.1) is 6.92 Å². The van der Waals surface area contributed by atoms with E-state index in [2.05, 4.69) is 30.4 Å². The molecule has 0 aliphatic carbocycles. The second kappa shape index (κ2) is 2.01. The van der Waals surface area contributed by atoms with E-state index in [9.17, 15) is 0 Å². The average molecular weight is 132 g/mol. The molecule has 0 fully saturated rings. The largest absolute Gasteiger partial charge is 0.285 e. The van der Waals surface area contributed by atoms with E-state index in [4.69, 9.17) is 0 Å². The molecule has 1 aromatic carbocycles. The monoisotopic (exact) mass is 132 g/mol. The number of fused-ring (bicyclic) bond motifs is 1. The van der Waals surface area contributed by atoms with Crippen molar-refractivity contribution >= 4 is 5.69 Å².